The summed E-state index contributed by atoms with van der Waals surface area (Å²) in [4.78, 5) is 12.3. The number of carbonyl (C=O) groups excluding carboxylic acids is 1. The fourth-order valence-electron chi connectivity index (χ4n) is 2.91. The van der Waals surface area contributed by atoms with Crippen LogP contribution in [-0.4, -0.2) is 22.9 Å². The first-order valence-corrected chi connectivity index (χ1v) is 8.74. The van der Waals surface area contributed by atoms with E-state index in [9.17, 15) is 4.79 Å². The molecule has 0 fully saturated rings. The molecule has 3 aromatic rings. The third-order valence-corrected chi connectivity index (χ3v) is 4.42. The van der Waals surface area contributed by atoms with Crippen molar-refractivity contribution in [1.82, 2.24) is 15.1 Å². The number of nitrogens with one attached hydrogen (secondary N) is 2. The molecule has 1 aromatic heterocycles. The van der Waals surface area contributed by atoms with Gasteiger partial charge in [0.05, 0.1) is 13.3 Å². The van der Waals surface area contributed by atoms with Gasteiger partial charge in [0.1, 0.15) is 5.75 Å². The van der Waals surface area contributed by atoms with Gasteiger partial charge in [-0.2, -0.15) is 5.10 Å². The molecular weight excluding hydrogens is 340 g/mol. The number of aryl methyl sites for hydroxylation is 3. The summed E-state index contributed by atoms with van der Waals surface area (Å²) in [7, 11) is 3.48. The standard InChI is InChI=1S/C21H24N4O2/c1-14-5-6-15(2)16(9-14)11-22-21(26)24-18-7-8-19(20(10-18)27-4)17-12-23-25(3)13-17/h5-10,12-13H,11H2,1-4H3,(H2,22,24,26). The summed E-state index contributed by atoms with van der Waals surface area (Å²) in [6.07, 6.45) is 3.70. The number of carbonyl (C=O) groups is 1. The fourth-order valence-corrected chi connectivity index (χ4v) is 2.91. The molecule has 0 atom stereocenters. The molecule has 0 saturated heterocycles. The van der Waals surface area contributed by atoms with E-state index in [0.29, 0.717) is 18.0 Å². The quantitative estimate of drug-likeness (QED) is 0.718. The maximum Gasteiger partial charge on any atom is 0.319 e. The number of benzene rings is 2. The van der Waals surface area contributed by atoms with E-state index in [1.807, 2.05) is 39.2 Å². The summed E-state index contributed by atoms with van der Waals surface area (Å²) in [5.41, 5.74) is 5.98. The van der Waals surface area contributed by atoms with Crippen molar-refractivity contribution in [2.24, 2.45) is 7.05 Å². The number of urea groups is 1. The van der Waals surface area contributed by atoms with Crippen molar-refractivity contribution in [3.63, 3.8) is 0 Å². The number of amides is 2. The van der Waals surface area contributed by atoms with Crippen LogP contribution in [0.1, 0.15) is 16.7 Å². The van der Waals surface area contributed by atoms with E-state index in [1.165, 1.54) is 5.56 Å². The molecule has 0 saturated carbocycles. The SMILES string of the molecule is COc1cc(NC(=O)NCc2cc(C)ccc2C)ccc1-c1cnn(C)c1. The number of nitrogens with zero attached hydrogens (tertiary/aromatic N) is 2. The largest absolute Gasteiger partial charge is 0.496 e. The Labute approximate surface area is 159 Å². The van der Waals surface area contributed by atoms with Crippen LogP contribution < -0.4 is 15.4 Å². The summed E-state index contributed by atoms with van der Waals surface area (Å²) < 4.78 is 7.22. The van der Waals surface area contributed by atoms with Crippen LogP contribution in [0.15, 0.2) is 48.8 Å². The third-order valence-electron chi connectivity index (χ3n) is 4.42. The predicted octanol–water partition coefficient (Wildman–Crippen LogP) is 4.03. The van der Waals surface area contributed by atoms with Gasteiger partial charge in [-0.05, 0) is 37.1 Å². The van der Waals surface area contributed by atoms with E-state index in [2.05, 4.69) is 33.9 Å². The Hall–Kier alpha value is -3.28. The lowest BCUT2D eigenvalue weighted by molar-refractivity contribution is 0.251. The van der Waals surface area contributed by atoms with Crippen LogP contribution in [0.25, 0.3) is 11.1 Å². The van der Waals surface area contributed by atoms with Crippen LogP contribution in [0.2, 0.25) is 0 Å². The van der Waals surface area contributed by atoms with Crippen LogP contribution in [0.3, 0.4) is 0 Å². The van der Waals surface area contributed by atoms with Crippen LogP contribution in [0.5, 0.6) is 5.75 Å². The zero-order valence-electron chi connectivity index (χ0n) is 16.0. The van der Waals surface area contributed by atoms with E-state index in [4.69, 9.17) is 4.74 Å². The topological polar surface area (TPSA) is 68.2 Å². The summed E-state index contributed by atoms with van der Waals surface area (Å²) >= 11 is 0. The molecule has 2 aromatic carbocycles. The Kier molecular flexibility index (Phi) is 5.45. The van der Waals surface area contributed by atoms with Crippen molar-refractivity contribution in [1.29, 1.82) is 0 Å². The van der Waals surface area contributed by atoms with Crippen molar-refractivity contribution in [2.45, 2.75) is 20.4 Å². The highest BCUT2D eigenvalue weighted by molar-refractivity contribution is 5.90. The Balaban J connectivity index is 1.68. The van der Waals surface area contributed by atoms with Gasteiger partial charge in [0.2, 0.25) is 0 Å². The van der Waals surface area contributed by atoms with Crippen LogP contribution >= 0.6 is 0 Å². The molecule has 0 spiro atoms. The van der Waals surface area contributed by atoms with Gasteiger partial charge in [-0.15, -0.1) is 0 Å². The van der Waals surface area contributed by atoms with Gasteiger partial charge in [0.25, 0.3) is 0 Å². The number of hydrogen-bond donors (Lipinski definition) is 2. The van der Waals surface area contributed by atoms with E-state index in [1.54, 1.807) is 24.1 Å². The Morgan fingerprint density at radius 3 is 2.70 bits per heavy atom. The number of methoxy groups -OCH3 is 1. The van der Waals surface area contributed by atoms with E-state index >= 15 is 0 Å². The highest BCUT2D eigenvalue weighted by atomic mass is 16.5. The molecule has 2 N–H and O–H groups in total. The number of aromatic nitrogens is 2. The molecule has 0 radical (unpaired) electrons. The van der Waals surface area contributed by atoms with Crippen molar-refractivity contribution in [3.05, 3.63) is 65.5 Å². The fraction of sp³-hybridized carbons (Fsp3) is 0.238. The lowest BCUT2D eigenvalue weighted by atomic mass is 10.1. The van der Waals surface area contributed by atoms with Crippen molar-refractivity contribution in [3.8, 4) is 16.9 Å². The highest BCUT2D eigenvalue weighted by Gasteiger charge is 2.10. The second-order valence-electron chi connectivity index (χ2n) is 6.56. The molecule has 0 unspecified atom stereocenters. The number of ether oxygens (including phenoxy) is 1. The van der Waals surface area contributed by atoms with Gasteiger partial charge >= 0.3 is 6.03 Å². The maximum atomic E-state index is 12.3. The van der Waals surface area contributed by atoms with Crippen LogP contribution in [0.4, 0.5) is 10.5 Å². The lowest BCUT2D eigenvalue weighted by Gasteiger charge is -2.12. The number of hydrogen-bond acceptors (Lipinski definition) is 3. The van der Waals surface area contributed by atoms with Crippen molar-refractivity contribution in [2.75, 3.05) is 12.4 Å². The van der Waals surface area contributed by atoms with Gasteiger partial charge in [0, 0.05) is 42.7 Å². The van der Waals surface area contributed by atoms with E-state index < -0.39 is 0 Å². The minimum absolute atomic E-state index is 0.257. The first-order valence-electron chi connectivity index (χ1n) is 8.74. The first-order chi connectivity index (χ1) is 13.0. The van der Waals surface area contributed by atoms with Gasteiger partial charge in [0.15, 0.2) is 0 Å². The maximum absolute atomic E-state index is 12.3. The molecule has 2 amide bonds. The molecule has 1 heterocycles. The van der Waals surface area contributed by atoms with E-state index in [0.717, 1.165) is 22.3 Å². The van der Waals surface area contributed by atoms with Crippen molar-refractivity contribution >= 4 is 11.7 Å². The summed E-state index contributed by atoms with van der Waals surface area (Å²) in [6.45, 7) is 4.56. The molecule has 27 heavy (non-hydrogen) atoms. The van der Waals surface area contributed by atoms with Crippen LogP contribution in [-0.2, 0) is 13.6 Å². The molecule has 3 rings (SSSR count). The van der Waals surface area contributed by atoms with Crippen molar-refractivity contribution < 1.29 is 9.53 Å². The Bertz CT molecular complexity index is 963. The lowest BCUT2D eigenvalue weighted by Crippen LogP contribution is -2.28. The van der Waals surface area contributed by atoms with Gasteiger partial charge in [-0.3, -0.25) is 4.68 Å². The molecule has 6 nitrogen and oxygen atoms in total. The highest BCUT2D eigenvalue weighted by Crippen LogP contribution is 2.32. The Morgan fingerprint density at radius 1 is 1.19 bits per heavy atom. The third kappa shape index (κ3) is 4.47. The smallest absolute Gasteiger partial charge is 0.319 e. The number of anilines is 1. The second kappa shape index (κ2) is 7.95. The summed E-state index contributed by atoms with van der Waals surface area (Å²) in [5.74, 6) is 0.676. The molecule has 0 aliphatic heterocycles. The van der Waals surface area contributed by atoms with Gasteiger partial charge < -0.3 is 15.4 Å². The first kappa shape index (κ1) is 18.5. The average Bonchev–Trinajstić information content (AvgIpc) is 3.08. The van der Waals surface area contributed by atoms with E-state index in [-0.39, 0.29) is 6.03 Å². The molecule has 0 bridgehead atoms. The minimum atomic E-state index is -0.257. The van der Waals surface area contributed by atoms with Gasteiger partial charge in [-0.25, -0.2) is 4.79 Å². The summed E-state index contributed by atoms with van der Waals surface area (Å²) in [6, 6.07) is 11.5. The second-order valence-corrected chi connectivity index (χ2v) is 6.56. The number of rotatable bonds is 5. The van der Waals surface area contributed by atoms with Crippen LogP contribution in [0, 0.1) is 13.8 Å². The summed E-state index contributed by atoms with van der Waals surface area (Å²) in [5, 5.41) is 9.94. The normalized spacial score (nSPS) is 10.5. The Morgan fingerprint density at radius 2 is 2.00 bits per heavy atom. The predicted molar refractivity (Wildman–Crippen MR) is 107 cm³/mol. The zero-order chi connectivity index (χ0) is 19.4. The molecule has 0 aliphatic carbocycles. The monoisotopic (exact) mass is 364 g/mol. The van der Waals surface area contributed by atoms with Gasteiger partial charge in [-0.1, -0.05) is 23.8 Å². The molecular formula is C21H24N4O2. The molecule has 0 aliphatic rings. The molecule has 140 valence electrons. The minimum Gasteiger partial charge on any atom is -0.496 e. The average molecular weight is 364 g/mol. The molecule has 6 heteroatoms. The zero-order valence-corrected chi connectivity index (χ0v) is 16.0.